The van der Waals surface area contributed by atoms with Crippen LogP contribution in [-0.2, 0) is 21.5 Å². The zero-order valence-corrected chi connectivity index (χ0v) is 26.2. The Bertz CT molecular complexity index is 1560. The van der Waals surface area contributed by atoms with E-state index in [2.05, 4.69) is 40.8 Å². The number of aromatic nitrogens is 4. The van der Waals surface area contributed by atoms with Gasteiger partial charge >= 0.3 is 12.1 Å². The zero-order chi connectivity index (χ0) is 33.0. The molecule has 1 aliphatic rings. The van der Waals surface area contributed by atoms with Crippen molar-refractivity contribution in [2.75, 3.05) is 56.3 Å². The molecule has 0 radical (unpaired) electrons. The number of Topliss-reactive ketones (excluding diaryl/α,β-unsaturated/α-hetero) is 1. The number of hydrogen-bond donors (Lipinski definition) is 2. The van der Waals surface area contributed by atoms with Gasteiger partial charge in [0.15, 0.2) is 16.6 Å². The van der Waals surface area contributed by atoms with E-state index in [1.807, 2.05) is 32.0 Å². The number of aliphatic carboxylic acids is 1. The number of rotatable bonds is 8. The minimum atomic E-state index is -5.08. The minimum Gasteiger partial charge on any atom is -0.494 e. The highest BCUT2D eigenvalue weighted by Crippen LogP contribution is 2.40. The lowest BCUT2D eigenvalue weighted by Crippen LogP contribution is -2.37. The van der Waals surface area contributed by atoms with Crippen LogP contribution in [0, 0.1) is 5.41 Å². The number of anilines is 2. The molecule has 0 bridgehead atoms. The summed E-state index contributed by atoms with van der Waals surface area (Å²) in [5, 5.41) is 24.9. The van der Waals surface area contributed by atoms with Crippen LogP contribution in [0.25, 0.3) is 5.65 Å². The van der Waals surface area contributed by atoms with Crippen molar-refractivity contribution < 1.29 is 37.3 Å². The third-order valence-corrected chi connectivity index (χ3v) is 7.21. The Kier molecular flexibility index (Phi) is 10.9. The van der Waals surface area contributed by atoms with E-state index in [-0.39, 0.29) is 23.4 Å². The summed E-state index contributed by atoms with van der Waals surface area (Å²) in [5.41, 5.74) is 3.32. The maximum absolute atomic E-state index is 13.6. The van der Waals surface area contributed by atoms with Gasteiger partial charge < -0.3 is 24.4 Å². The molecule has 0 unspecified atom stereocenters. The molecule has 12 nitrogen and oxygen atoms in total. The molecule has 44 heavy (non-hydrogen) atoms. The second kappa shape index (κ2) is 13.8. The maximum atomic E-state index is 13.6. The van der Waals surface area contributed by atoms with Crippen LogP contribution >= 0.6 is 11.6 Å². The molecule has 0 saturated carbocycles. The van der Waals surface area contributed by atoms with Crippen molar-refractivity contribution in [2.45, 2.75) is 52.8 Å². The van der Waals surface area contributed by atoms with Crippen molar-refractivity contribution in [3.63, 3.8) is 0 Å². The second-order valence-corrected chi connectivity index (χ2v) is 11.3. The van der Waals surface area contributed by atoms with Crippen LogP contribution in [0.1, 0.15) is 50.5 Å². The number of carbonyl (C=O) groups excluding carboxylic acids is 1. The summed E-state index contributed by atoms with van der Waals surface area (Å²) in [7, 11) is 1.67. The molecule has 1 aromatic carbocycles. The van der Waals surface area contributed by atoms with E-state index in [9.17, 15) is 18.0 Å². The Hall–Kier alpha value is -3.85. The molecule has 3 heterocycles. The second-order valence-electron chi connectivity index (χ2n) is 10.9. The summed E-state index contributed by atoms with van der Waals surface area (Å²) in [6, 6.07) is 5.59. The highest BCUT2D eigenvalue weighted by molar-refractivity contribution is 6.32. The van der Waals surface area contributed by atoms with Gasteiger partial charge in [-0.25, -0.2) is 9.48 Å². The van der Waals surface area contributed by atoms with Crippen LogP contribution in [0.3, 0.4) is 0 Å². The predicted octanol–water partition coefficient (Wildman–Crippen LogP) is 4.17. The van der Waals surface area contributed by atoms with Crippen LogP contribution in [0.2, 0.25) is 5.15 Å². The number of fused-ring (bicyclic) bond motifs is 1. The number of morpholine rings is 1. The van der Waals surface area contributed by atoms with Gasteiger partial charge in [0.2, 0.25) is 5.62 Å². The van der Waals surface area contributed by atoms with E-state index in [4.69, 9.17) is 36.4 Å². The molecule has 0 atom stereocenters. The van der Waals surface area contributed by atoms with E-state index < -0.39 is 12.1 Å². The fraction of sp³-hybridized carbons (Fsp3) is 0.536. The van der Waals surface area contributed by atoms with Crippen LogP contribution in [0.4, 0.5) is 24.5 Å². The molecule has 0 spiro atoms. The van der Waals surface area contributed by atoms with Crippen molar-refractivity contribution in [1.29, 1.82) is 5.41 Å². The van der Waals surface area contributed by atoms with Gasteiger partial charge in [-0.2, -0.15) is 17.7 Å². The molecule has 3 aromatic rings. The zero-order valence-electron chi connectivity index (χ0n) is 25.5. The Morgan fingerprint density at radius 3 is 2.20 bits per heavy atom. The fourth-order valence-electron chi connectivity index (χ4n) is 4.65. The number of nitrogens with one attached hydrogen (secondary N) is 1. The molecule has 0 aliphatic carbocycles. The largest absolute Gasteiger partial charge is 0.494 e. The average Bonchev–Trinajstić information content (AvgIpc) is 3.26. The number of carboxylic acids is 1. The molecule has 2 aromatic heterocycles. The lowest BCUT2D eigenvalue weighted by atomic mass is 9.84. The molecule has 1 fully saturated rings. The van der Waals surface area contributed by atoms with E-state index in [1.54, 1.807) is 7.11 Å². The molecular weight excluding hydrogens is 607 g/mol. The molecule has 16 heteroatoms. The summed E-state index contributed by atoms with van der Waals surface area (Å²) in [5.74, 6) is -2.14. The maximum Gasteiger partial charge on any atom is 0.490 e. The van der Waals surface area contributed by atoms with Gasteiger partial charge in [0.25, 0.3) is 0 Å². The molecule has 1 aliphatic heterocycles. The number of carboxylic acid groups (broad SMARTS) is 1. The first-order valence-electron chi connectivity index (χ1n) is 13.9. The van der Waals surface area contributed by atoms with Gasteiger partial charge in [0.1, 0.15) is 12.3 Å². The van der Waals surface area contributed by atoms with Crippen molar-refractivity contribution >= 4 is 40.4 Å². The summed E-state index contributed by atoms with van der Waals surface area (Å²) in [4.78, 5) is 26.8. The van der Waals surface area contributed by atoms with Gasteiger partial charge in [-0.1, -0.05) is 32.4 Å². The number of hydrogen-bond acceptors (Lipinski definition) is 9. The van der Waals surface area contributed by atoms with Crippen molar-refractivity contribution in [1.82, 2.24) is 19.4 Å². The van der Waals surface area contributed by atoms with Gasteiger partial charge in [-0.05, 0) is 31.4 Å². The lowest BCUT2D eigenvalue weighted by molar-refractivity contribution is -0.192. The number of nitrogens with zero attached hydrogens (tertiary/aromatic N) is 6. The van der Waals surface area contributed by atoms with Gasteiger partial charge in [0, 0.05) is 43.4 Å². The summed E-state index contributed by atoms with van der Waals surface area (Å²) >= 11 is 6.43. The van der Waals surface area contributed by atoms with Gasteiger partial charge in [0.05, 0.1) is 31.7 Å². The highest BCUT2D eigenvalue weighted by Gasteiger charge is 2.38. The first-order valence-corrected chi connectivity index (χ1v) is 14.3. The monoisotopic (exact) mass is 643 g/mol. The number of methoxy groups -OCH3 is 1. The van der Waals surface area contributed by atoms with Crippen LogP contribution in [-0.4, -0.2) is 88.9 Å². The number of ether oxygens (including phenoxy) is 2. The Morgan fingerprint density at radius 2 is 1.70 bits per heavy atom. The third-order valence-electron chi connectivity index (χ3n) is 6.95. The fourth-order valence-corrected chi connectivity index (χ4v) is 4.90. The predicted molar refractivity (Wildman–Crippen MR) is 158 cm³/mol. The Balaban J connectivity index is 0.000000676. The summed E-state index contributed by atoms with van der Waals surface area (Å²) < 4.78 is 45.9. The summed E-state index contributed by atoms with van der Waals surface area (Å²) in [6.45, 7) is 14.5. The topological polar surface area (TPSA) is 138 Å². The standard InChI is InChI=1S/C26H36ClN7O3.C2HF3O2/c1-7-31(8-2)20-15-22-29-33(25(28)34(22)30-24(20)27)16-21(35)17-13-18(26(3,4)5)23(36-6)19(14-17)32-9-11-37-12-10-32;3-2(4,5)1(6)7/h13-15,28H,7-12,16H2,1-6H3;(H,6,7). The van der Waals surface area contributed by atoms with Crippen molar-refractivity contribution in [3.8, 4) is 5.75 Å². The first-order chi connectivity index (χ1) is 20.5. The Morgan fingerprint density at radius 1 is 1.11 bits per heavy atom. The normalized spacial score (nSPS) is 13.8. The average molecular weight is 644 g/mol. The summed E-state index contributed by atoms with van der Waals surface area (Å²) in [6.07, 6.45) is -5.08. The van der Waals surface area contributed by atoms with Crippen LogP contribution in [0.5, 0.6) is 5.75 Å². The number of carbonyl (C=O) groups is 2. The third kappa shape index (κ3) is 7.80. The SMILES string of the molecule is CCN(CC)c1cc2nn(CC(=O)c3cc(N4CCOCC4)c(OC)c(C(C)(C)C)c3)c(=N)n2nc1Cl.O=C(O)C(F)(F)F. The molecule has 242 valence electrons. The van der Waals surface area contributed by atoms with E-state index in [0.717, 1.165) is 48.9 Å². The van der Waals surface area contributed by atoms with E-state index in [0.29, 0.717) is 29.6 Å². The molecule has 2 N–H and O–H groups in total. The lowest BCUT2D eigenvalue weighted by Gasteiger charge is -2.33. The minimum absolute atomic E-state index is 0.0192. The smallest absolute Gasteiger partial charge is 0.490 e. The molecule has 4 rings (SSSR count). The van der Waals surface area contributed by atoms with Crippen molar-refractivity contribution in [2.24, 2.45) is 0 Å². The number of benzene rings is 1. The number of halogens is 4. The van der Waals surface area contributed by atoms with Gasteiger partial charge in [-0.15, -0.1) is 10.2 Å². The molecule has 0 amide bonds. The van der Waals surface area contributed by atoms with E-state index >= 15 is 0 Å². The quantitative estimate of drug-likeness (QED) is 0.346. The molecule has 1 saturated heterocycles. The Labute approximate surface area is 257 Å². The number of ketones is 1. The number of alkyl halides is 3. The van der Waals surface area contributed by atoms with Crippen LogP contribution < -0.4 is 20.2 Å². The van der Waals surface area contributed by atoms with E-state index in [1.165, 1.54) is 9.20 Å². The van der Waals surface area contributed by atoms with Gasteiger partial charge in [-0.3, -0.25) is 10.2 Å². The van der Waals surface area contributed by atoms with Crippen molar-refractivity contribution in [3.05, 3.63) is 40.1 Å². The highest BCUT2D eigenvalue weighted by atomic mass is 35.5. The van der Waals surface area contributed by atoms with Crippen LogP contribution in [0.15, 0.2) is 18.2 Å². The molecular formula is C28H37ClF3N7O5. The first kappa shape index (κ1) is 34.6.